The van der Waals surface area contributed by atoms with Gasteiger partial charge in [-0.3, -0.25) is 0 Å². The molecule has 1 saturated heterocycles. The van der Waals surface area contributed by atoms with Crippen molar-refractivity contribution in [2.45, 2.75) is 12.8 Å². The number of hydrogen-bond donors (Lipinski definition) is 2. The second kappa shape index (κ2) is 4.20. The summed E-state index contributed by atoms with van der Waals surface area (Å²) in [6.45, 7) is 1.70. The van der Waals surface area contributed by atoms with Gasteiger partial charge in [0, 0.05) is 24.2 Å². The molecule has 0 saturated carbocycles. The minimum Gasteiger partial charge on any atom is -0.423 e. The third kappa shape index (κ3) is 2.13. The van der Waals surface area contributed by atoms with Gasteiger partial charge in [-0.05, 0) is 25.0 Å². The molecule has 0 aliphatic carbocycles. The zero-order valence-corrected chi connectivity index (χ0v) is 8.36. The van der Waals surface area contributed by atoms with E-state index >= 15 is 0 Å². The molecule has 1 fully saturated rings. The Labute approximate surface area is 88.3 Å². The summed E-state index contributed by atoms with van der Waals surface area (Å²) in [5.74, 6) is -0.346. The fourth-order valence-corrected chi connectivity index (χ4v) is 1.97. The molecule has 1 aromatic carbocycles. The van der Waals surface area contributed by atoms with Crippen LogP contribution in [0.15, 0.2) is 18.2 Å². The molecular formula is C10H13BFNO2. The van der Waals surface area contributed by atoms with Crippen molar-refractivity contribution < 1.29 is 14.4 Å². The molecule has 0 radical (unpaired) electrons. The molecule has 1 aliphatic rings. The molecule has 1 aromatic rings. The van der Waals surface area contributed by atoms with Crippen LogP contribution in [0.25, 0.3) is 0 Å². The molecule has 80 valence electrons. The monoisotopic (exact) mass is 209 g/mol. The van der Waals surface area contributed by atoms with E-state index in [-0.39, 0.29) is 5.82 Å². The lowest BCUT2D eigenvalue weighted by molar-refractivity contribution is 0.425. The molecule has 0 bridgehead atoms. The summed E-state index contributed by atoms with van der Waals surface area (Å²) in [5.41, 5.74) is 0.973. The van der Waals surface area contributed by atoms with Crippen molar-refractivity contribution >= 4 is 18.3 Å². The Morgan fingerprint density at radius 1 is 1.20 bits per heavy atom. The van der Waals surface area contributed by atoms with Crippen LogP contribution < -0.4 is 10.4 Å². The second-order valence-electron chi connectivity index (χ2n) is 3.77. The number of benzene rings is 1. The minimum atomic E-state index is -1.54. The van der Waals surface area contributed by atoms with Crippen LogP contribution in [0.3, 0.4) is 0 Å². The molecule has 2 rings (SSSR count). The second-order valence-corrected chi connectivity index (χ2v) is 3.77. The lowest BCUT2D eigenvalue weighted by Gasteiger charge is -2.21. The van der Waals surface area contributed by atoms with Gasteiger partial charge >= 0.3 is 7.12 Å². The van der Waals surface area contributed by atoms with E-state index in [4.69, 9.17) is 10.0 Å². The Balaban J connectivity index is 2.37. The lowest BCUT2D eigenvalue weighted by atomic mass is 9.78. The first-order chi connectivity index (χ1) is 7.18. The van der Waals surface area contributed by atoms with Crippen LogP contribution >= 0.6 is 0 Å². The third-order valence-electron chi connectivity index (χ3n) is 2.72. The molecule has 3 nitrogen and oxygen atoms in total. The van der Waals surface area contributed by atoms with Gasteiger partial charge in [0.05, 0.1) is 0 Å². The number of rotatable bonds is 2. The van der Waals surface area contributed by atoms with Crippen LogP contribution in [-0.4, -0.2) is 30.3 Å². The maximum Gasteiger partial charge on any atom is 0.490 e. The summed E-state index contributed by atoms with van der Waals surface area (Å²) >= 11 is 0. The van der Waals surface area contributed by atoms with E-state index in [1.807, 2.05) is 4.90 Å². The molecule has 15 heavy (non-hydrogen) atoms. The summed E-state index contributed by atoms with van der Waals surface area (Å²) in [5, 5.41) is 18.3. The first kappa shape index (κ1) is 10.5. The Morgan fingerprint density at radius 3 is 2.47 bits per heavy atom. The predicted molar refractivity (Wildman–Crippen MR) is 57.7 cm³/mol. The van der Waals surface area contributed by atoms with Gasteiger partial charge in [0.15, 0.2) is 0 Å². The summed E-state index contributed by atoms with van der Waals surface area (Å²) in [7, 11) is -1.54. The van der Waals surface area contributed by atoms with E-state index in [2.05, 4.69) is 0 Å². The molecule has 1 heterocycles. The zero-order chi connectivity index (χ0) is 10.8. The topological polar surface area (TPSA) is 43.7 Å². The van der Waals surface area contributed by atoms with E-state index in [1.54, 1.807) is 0 Å². The van der Waals surface area contributed by atoms with Gasteiger partial charge in [-0.15, -0.1) is 0 Å². The summed E-state index contributed by atoms with van der Waals surface area (Å²) < 4.78 is 13.1. The maximum atomic E-state index is 13.1. The zero-order valence-electron chi connectivity index (χ0n) is 8.36. The van der Waals surface area contributed by atoms with Crippen LogP contribution in [0.1, 0.15) is 12.8 Å². The van der Waals surface area contributed by atoms with Crippen LogP contribution in [0.2, 0.25) is 0 Å². The molecular weight excluding hydrogens is 196 g/mol. The third-order valence-corrected chi connectivity index (χ3v) is 2.72. The van der Waals surface area contributed by atoms with E-state index in [1.165, 1.54) is 18.2 Å². The minimum absolute atomic E-state index is 0.346. The Hall–Kier alpha value is -1.07. The fraction of sp³-hybridized carbons (Fsp3) is 0.400. The highest BCUT2D eigenvalue weighted by atomic mass is 19.1. The highest BCUT2D eigenvalue weighted by Crippen LogP contribution is 2.19. The van der Waals surface area contributed by atoms with Crippen LogP contribution in [-0.2, 0) is 0 Å². The van der Waals surface area contributed by atoms with E-state index < -0.39 is 7.12 Å². The summed E-state index contributed by atoms with van der Waals surface area (Å²) in [6, 6.07) is 4.03. The van der Waals surface area contributed by atoms with Gasteiger partial charge in [-0.2, -0.15) is 0 Å². The molecule has 1 aliphatic heterocycles. The van der Waals surface area contributed by atoms with Crippen molar-refractivity contribution in [2.75, 3.05) is 18.0 Å². The molecule has 0 unspecified atom stereocenters. The maximum absolute atomic E-state index is 13.1. The first-order valence-corrected chi connectivity index (χ1v) is 5.09. The average molecular weight is 209 g/mol. The van der Waals surface area contributed by atoms with Gasteiger partial charge in [-0.25, -0.2) is 4.39 Å². The number of hydrogen-bond acceptors (Lipinski definition) is 3. The lowest BCUT2D eigenvalue weighted by Crippen LogP contribution is -2.36. The van der Waals surface area contributed by atoms with Gasteiger partial charge in [-0.1, -0.05) is 6.07 Å². The molecule has 0 amide bonds. The van der Waals surface area contributed by atoms with Crippen molar-refractivity contribution in [1.82, 2.24) is 0 Å². The SMILES string of the molecule is OB(O)c1ccc(F)cc1N1CCCC1. The Morgan fingerprint density at radius 2 is 1.87 bits per heavy atom. The number of anilines is 1. The van der Waals surface area contributed by atoms with Crippen molar-refractivity contribution in [3.05, 3.63) is 24.0 Å². The average Bonchev–Trinajstić information content (AvgIpc) is 2.69. The van der Waals surface area contributed by atoms with Crippen molar-refractivity contribution in [2.24, 2.45) is 0 Å². The Kier molecular flexibility index (Phi) is 2.93. The number of halogens is 1. The van der Waals surface area contributed by atoms with Crippen LogP contribution in [0.5, 0.6) is 0 Å². The van der Waals surface area contributed by atoms with E-state index in [0.717, 1.165) is 25.9 Å². The quantitative estimate of drug-likeness (QED) is 0.679. The first-order valence-electron chi connectivity index (χ1n) is 5.09. The molecule has 0 aromatic heterocycles. The molecule has 2 N–H and O–H groups in total. The summed E-state index contributed by atoms with van der Waals surface area (Å²) in [4.78, 5) is 1.98. The highest BCUT2D eigenvalue weighted by Gasteiger charge is 2.22. The Bertz CT molecular complexity index is 353. The van der Waals surface area contributed by atoms with Gasteiger partial charge in [0.2, 0.25) is 0 Å². The van der Waals surface area contributed by atoms with Crippen molar-refractivity contribution in [3.8, 4) is 0 Å². The number of nitrogens with zero attached hydrogens (tertiary/aromatic N) is 1. The molecule has 0 atom stereocenters. The normalized spacial score (nSPS) is 15.8. The molecule has 0 spiro atoms. The standard InChI is InChI=1S/C10H13BFNO2/c12-8-3-4-9(11(14)15)10(7-8)13-5-1-2-6-13/h3-4,7,14-15H,1-2,5-6H2. The van der Waals surface area contributed by atoms with Crippen LogP contribution in [0.4, 0.5) is 10.1 Å². The highest BCUT2D eigenvalue weighted by molar-refractivity contribution is 6.60. The van der Waals surface area contributed by atoms with E-state index in [9.17, 15) is 4.39 Å². The van der Waals surface area contributed by atoms with E-state index in [0.29, 0.717) is 11.2 Å². The summed E-state index contributed by atoms with van der Waals surface area (Å²) in [6.07, 6.45) is 2.13. The van der Waals surface area contributed by atoms with Crippen LogP contribution in [0, 0.1) is 5.82 Å². The smallest absolute Gasteiger partial charge is 0.423 e. The largest absolute Gasteiger partial charge is 0.490 e. The van der Waals surface area contributed by atoms with Gasteiger partial charge < -0.3 is 14.9 Å². The van der Waals surface area contributed by atoms with Gasteiger partial charge in [0.25, 0.3) is 0 Å². The van der Waals surface area contributed by atoms with Crippen molar-refractivity contribution in [1.29, 1.82) is 0 Å². The van der Waals surface area contributed by atoms with Gasteiger partial charge in [0.1, 0.15) is 5.82 Å². The fourth-order valence-electron chi connectivity index (χ4n) is 1.97. The predicted octanol–water partition coefficient (Wildman–Crippen LogP) is 0.106. The molecule has 5 heteroatoms. The van der Waals surface area contributed by atoms with Crippen molar-refractivity contribution in [3.63, 3.8) is 0 Å².